The summed E-state index contributed by atoms with van der Waals surface area (Å²) in [5, 5.41) is 4.94. The number of para-hydroxylation sites is 2. The Bertz CT molecular complexity index is 3550. The normalized spacial score (nSPS) is 14.0. The molecule has 11 aromatic carbocycles. The molecular weight excluding hydrogens is 783 g/mol. The SMILES string of the molecule is CC1(c2ccccc2)c2ccccc2-c2ccc(-c3ccccc3N(c3ccc(-c4ccc5ccccc5c4)cc3)c3ccccc3-c3cccc4cccc(-c5ccccc5)c34)cc21. The molecule has 65 heavy (non-hydrogen) atoms. The molecule has 0 aliphatic heterocycles. The van der Waals surface area contributed by atoms with E-state index in [4.69, 9.17) is 0 Å². The number of rotatable bonds is 8. The molecule has 12 rings (SSSR count). The van der Waals surface area contributed by atoms with Crippen LogP contribution in [0, 0.1) is 0 Å². The summed E-state index contributed by atoms with van der Waals surface area (Å²) in [5.41, 5.74) is 19.1. The average molecular weight is 828 g/mol. The van der Waals surface area contributed by atoms with E-state index in [-0.39, 0.29) is 5.41 Å². The lowest BCUT2D eigenvalue weighted by Gasteiger charge is -2.31. The average Bonchev–Trinajstić information content (AvgIpc) is 3.64. The topological polar surface area (TPSA) is 3.24 Å². The molecule has 0 amide bonds. The first-order chi connectivity index (χ1) is 32.1. The Morgan fingerprint density at radius 1 is 0.292 bits per heavy atom. The van der Waals surface area contributed by atoms with Crippen molar-refractivity contribution in [1.29, 1.82) is 0 Å². The van der Waals surface area contributed by atoms with Gasteiger partial charge in [0.2, 0.25) is 0 Å². The number of nitrogens with zero attached hydrogens (tertiary/aromatic N) is 1. The summed E-state index contributed by atoms with van der Waals surface area (Å²) in [6.45, 7) is 2.40. The molecule has 0 saturated heterocycles. The molecule has 1 aliphatic carbocycles. The highest BCUT2D eigenvalue weighted by Crippen LogP contribution is 2.54. The number of hydrogen-bond acceptors (Lipinski definition) is 1. The molecule has 0 N–H and O–H groups in total. The lowest BCUT2D eigenvalue weighted by molar-refractivity contribution is 0.714. The van der Waals surface area contributed by atoms with Crippen LogP contribution < -0.4 is 4.90 Å². The molecule has 0 spiro atoms. The van der Waals surface area contributed by atoms with Crippen molar-refractivity contribution in [1.82, 2.24) is 0 Å². The van der Waals surface area contributed by atoms with E-state index in [9.17, 15) is 0 Å². The number of fused-ring (bicyclic) bond motifs is 5. The van der Waals surface area contributed by atoms with Crippen molar-refractivity contribution in [3.8, 4) is 55.6 Å². The van der Waals surface area contributed by atoms with Crippen molar-refractivity contribution >= 4 is 38.6 Å². The van der Waals surface area contributed by atoms with Gasteiger partial charge in [0.25, 0.3) is 0 Å². The Labute approximate surface area is 381 Å². The van der Waals surface area contributed by atoms with E-state index in [0.29, 0.717) is 0 Å². The van der Waals surface area contributed by atoms with Crippen LogP contribution in [0.25, 0.3) is 77.2 Å². The second-order valence-electron chi connectivity index (χ2n) is 17.4. The summed E-state index contributed by atoms with van der Waals surface area (Å²) >= 11 is 0. The Hall–Kier alpha value is -8.26. The Kier molecular flexibility index (Phi) is 9.35. The summed E-state index contributed by atoms with van der Waals surface area (Å²) < 4.78 is 0. The monoisotopic (exact) mass is 827 g/mol. The van der Waals surface area contributed by atoms with Crippen molar-refractivity contribution in [2.24, 2.45) is 0 Å². The van der Waals surface area contributed by atoms with E-state index in [0.717, 1.165) is 28.2 Å². The fourth-order valence-corrected chi connectivity index (χ4v) is 10.6. The summed E-state index contributed by atoms with van der Waals surface area (Å²) in [5.74, 6) is 0. The highest BCUT2D eigenvalue weighted by molar-refractivity contribution is 6.09. The molecule has 11 aromatic rings. The van der Waals surface area contributed by atoms with Crippen molar-refractivity contribution in [2.45, 2.75) is 12.3 Å². The van der Waals surface area contributed by atoms with Crippen LogP contribution in [0.4, 0.5) is 17.1 Å². The van der Waals surface area contributed by atoms with Crippen molar-refractivity contribution in [2.75, 3.05) is 4.90 Å². The highest BCUT2D eigenvalue weighted by atomic mass is 15.1. The van der Waals surface area contributed by atoms with E-state index in [2.05, 4.69) is 267 Å². The van der Waals surface area contributed by atoms with Crippen LogP contribution in [0.2, 0.25) is 0 Å². The Balaban J connectivity index is 1.07. The van der Waals surface area contributed by atoms with Crippen LogP contribution in [-0.2, 0) is 5.41 Å². The standard InChI is InChI=1S/C64H45N/c1-64(51-24-6-3-7-25-51)59-31-13-10-27-55(59)56-41-38-50(43-60(56)64)53-26-11-14-32-61(53)65(52-39-36-45(37-40-52)49-35-34-44-18-8-9-21-48(44)42-49)62-33-15-12-28-57(62)58-30-17-23-47-22-16-29-54(63(47)58)46-19-4-2-5-20-46/h2-43H,1H3. The van der Waals surface area contributed by atoms with E-state index in [1.165, 1.54) is 82.7 Å². The van der Waals surface area contributed by atoms with Crippen LogP contribution in [0.15, 0.2) is 255 Å². The number of hydrogen-bond donors (Lipinski definition) is 0. The zero-order valence-corrected chi connectivity index (χ0v) is 36.2. The van der Waals surface area contributed by atoms with Gasteiger partial charge < -0.3 is 4.90 Å². The fraction of sp³-hybridized carbons (Fsp3) is 0.0312. The van der Waals surface area contributed by atoms with Crippen LogP contribution in [-0.4, -0.2) is 0 Å². The second-order valence-corrected chi connectivity index (χ2v) is 17.4. The van der Waals surface area contributed by atoms with E-state index in [1.807, 2.05) is 0 Å². The first-order valence-electron chi connectivity index (χ1n) is 22.6. The van der Waals surface area contributed by atoms with Crippen molar-refractivity contribution < 1.29 is 0 Å². The molecule has 306 valence electrons. The third-order valence-electron chi connectivity index (χ3n) is 13.8. The lowest BCUT2D eigenvalue weighted by atomic mass is 9.74. The zero-order valence-electron chi connectivity index (χ0n) is 36.2. The molecule has 0 aromatic heterocycles. The minimum absolute atomic E-state index is 0.312. The summed E-state index contributed by atoms with van der Waals surface area (Å²) in [6.07, 6.45) is 0. The molecule has 0 radical (unpaired) electrons. The lowest BCUT2D eigenvalue weighted by Crippen LogP contribution is -2.22. The van der Waals surface area contributed by atoms with Gasteiger partial charge in [-0.1, -0.05) is 218 Å². The first kappa shape index (κ1) is 38.4. The third-order valence-corrected chi connectivity index (χ3v) is 13.8. The maximum Gasteiger partial charge on any atom is 0.0540 e. The maximum absolute atomic E-state index is 2.48. The molecule has 1 aliphatic rings. The summed E-state index contributed by atoms with van der Waals surface area (Å²) in [6, 6.07) is 93.7. The van der Waals surface area contributed by atoms with Gasteiger partial charge in [-0.3, -0.25) is 0 Å². The number of anilines is 3. The molecule has 0 saturated carbocycles. The smallest absolute Gasteiger partial charge is 0.0540 e. The maximum atomic E-state index is 2.48. The van der Waals surface area contributed by atoms with Gasteiger partial charge in [-0.05, 0) is 126 Å². The van der Waals surface area contributed by atoms with Gasteiger partial charge in [0, 0.05) is 22.2 Å². The molecule has 1 unspecified atom stereocenters. The van der Waals surface area contributed by atoms with Gasteiger partial charge in [0.1, 0.15) is 0 Å². The minimum Gasteiger partial charge on any atom is -0.309 e. The van der Waals surface area contributed by atoms with Gasteiger partial charge in [-0.2, -0.15) is 0 Å². The molecule has 0 fully saturated rings. The molecule has 1 heteroatoms. The highest BCUT2D eigenvalue weighted by Gasteiger charge is 2.41. The van der Waals surface area contributed by atoms with E-state index >= 15 is 0 Å². The Morgan fingerprint density at radius 2 is 0.831 bits per heavy atom. The molecular formula is C64H45N. The van der Waals surface area contributed by atoms with Gasteiger partial charge in [-0.15, -0.1) is 0 Å². The van der Waals surface area contributed by atoms with Crippen LogP contribution in [0.5, 0.6) is 0 Å². The summed E-state index contributed by atoms with van der Waals surface area (Å²) in [7, 11) is 0. The quantitative estimate of drug-likeness (QED) is 0.147. The van der Waals surface area contributed by atoms with Gasteiger partial charge in [-0.25, -0.2) is 0 Å². The van der Waals surface area contributed by atoms with Crippen LogP contribution >= 0.6 is 0 Å². The van der Waals surface area contributed by atoms with Gasteiger partial charge >= 0.3 is 0 Å². The van der Waals surface area contributed by atoms with Crippen LogP contribution in [0.3, 0.4) is 0 Å². The summed E-state index contributed by atoms with van der Waals surface area (Å²) in [4.78, 5) is 2.48. The molecule has 1 nitrogen and oxygen atoms in total. The Morgan fingerprint density at radius 3 is 1.60 bits per heavy atom. The predicted octanol–water partition coefficient (Wildman–Crippen LogP) is 17.5. The van der Waals surface area contributed by atoms with E-state index in [1.54, 1.807) is 0 Å². The molecule has 0 bridgehead atoms. The van der Waals surface area contributed by atoms with Crippen molar-refractivity contribution in [3.05, 3.63) is 271 Å². The molecule has 0 heterocycles. The second kappa shape index (κ2) is 15.8. The minimum atomic E-state index is -0.312. The zero-order chi connectivity index (χ0) is 43.3. The van der Waals surface area contributed by atoms with Crippen LogP contribution in [0.1, 0.15) is 23.6 Å². The third kappa shape index (κ3) is 6.47. The van der Waals surface area contributed by atoms with E-state index < -0.39 is 0 Å². The van der Waals surface area contributed by atoms with Gasteiger partial charge in [0.15, 0.2) is 0 Å². The number of benzene rings is 11. The first-order valence-corrected chi connectivity index (χ1v) is 22.6. The predicted molar refractivity (Wildman–Crippen MR) is 275 cm³/mol. The van der Waals surface area contributed by atoms with Crippen molar-refractivity contribution in [3.63, 3.8) is 0 Å². The fourth-order valence-electron chi connectivity index (χ4n) is 10.6. The van der Waals surface area contributed by atoms with Gasteiger partial charge in [0.05, 0.1) is 11.4 Å². The molecule has 1 atom stereocenters. The largest absolute Gasteiger partial charge is 0.309 e.